The number of H-pyrrole nitrogens is 1. The Kier molecular flexibility index (Phi) is 3.54. The molecule has 5 nitrogen and oxygen atoms in total. The van der Waals surface area contributed by atoms with Gasteiger partial charge in [-0.1, -0.05) is 12.1 Å². The van der Waals surface area contributed by atoms with Crippen LogP contribution in [0.15, 0.2) is 40.8 Å². The molecule has 0 spiro atoms. The Labute approximate surface area is 116 Å². The van der Waals surface area contributed by atoms with E-state index in [0.717, 1.165) is 22.6 Å². The number of nitrogens with one attached hydrogen (secondary N) is 2. The molecule has 5 heteroatoms. The van der Waals surface area contributed by atoms with Crippen molar-refractivity contribution in [2.24, 2.45) is 0 Å². The summed E-state index contributed by atoms with van der Waals surface area (Å²) >= 11 is 0. The molecule has 0 bridgehead atoms. The molecule has 104 valence electrons. The SMILES string of the molecule is CC(NCc1ccc(CO)o1)c1nc2ccccc2[nH]1. The lowest BCUT2D eigenvalue weighted by Crippen LogP contribution is -2.18. The summed E-state index contributed by atoms with van der Waals surface area (Å²) in [6.07, 6.45) is 0. The van der Waals surface area contributed by atoms with Gasteiger partial charge in [0.15, 0.2) is 0 Å². The van der Waals surface area contributed by atoms with Crippen LogP contribution in [0.25, 0.3) is 11.0 Å². The number of rotatable bonds is 5. The first-order valence-electron chi connectivity index (χ1n) is 6.63. The second kappa shape index (κ2) is 5.48. The average molecular weight is 271 g/mol. The minimum atomic E-state index is -0.0703. The summed E-state index contributed by atoms with van der Waals surface area (Å²) in [6.45, 7) is 2.57. The highest BCUT2D eigenvalue weighted by Gasteiger charge is 2.11. The maximum atomic E-state index is 8.96. The summed E-state index contributed by atoms with van der Waals surface area (Å²) in [5.41, 5.74) is 2.01. The summed E-state index contributed by atoms with van der Waals surface area (Å²) in [6, 6.07) is 11.7. The molecule has 0 aliphatic carbocycles. The molecule has 0 amide bonds. The maximum Gasteiger partial charge on any atom is 0.129 e. The molecule has 0 fully saturated rings. The molecule has 0 saturated heterocycles. The predicted molar refractivity (Wildman–Crippen MR) is 76.0 cm³/mol. The van der Waals surface area contributed by atoms with Crippen LogP contribution in [0.1, 0.15) is 30.3 Å². The van der Waals surface area contributed by atoms with Gasteiger partial charge in [-0.2, -0.15) is 0 Å². The molecular formula is C15H17N3O2. The first kappa shape index (κ1) is 12.9. The summed E-state index contributed by atoms with van der Waals surface area (Å²) in [7, 11) is 0. The number of nitrogens with zero attached hydrogens (tertiary/aromatic N) is 1. The summed E-state index contributed by atoms with van der Waals surface area (Å²) in [4.78, 5) is 7.86. The standard InChI is InChI=1S/C15H17N3O2/c1-10(16-8-11-6-7-12(9-19)20-11)15-17-13-4-2-3-5-14(13)18-15/h2-7,10,16,19H,8-9H2,1H3,(H,17,18). The van der Waals surface area contributed by atoms with Crippen molar-refractivity contribution in [3.05, 3.63) is 53.7 Å². The molecule has 0 saturated carbocycles. The topological polar surface area (TPSA) is 74.1 Å². The average Bonchev–Trinajstić information content (AvgIpc) is 3.10. The fourth-order valence-corrected chi connectivity index (χ4v) is 2.13. The number of aliphatic hydroxyl groups excluding tert-OH is 1. The molecule has 3 rings (SSSR count). The van der Waals surface area contributed by atoms with Gasteiger partial charge >= 0.3 is 0 Å². The number of aromatic amines is 1. The molecule has 20 heavy (non-hydrogen) atoms. The van der Waals surface area contributed by atoms with Crippen molar-refractivity contribution in [1.29, 1.82) is 0 Å². The number of aliphatic hydroxyl groups is 1. The second-order valence-corrected chi connectivity index (χ2v) is 4.77. The lowest BCUT2D eigenvalue weighted by molar-refractivity contribution is 0.242. The van der Waals surface area contributed by atoms with Crippen molar-refractivity contribution < 1.29 is 9.52 Å². The Hall–Kier alpha value is -2.11. The van der Waals surface area contributed by atoms with Crippen molar-refractivity contribution in [1.82, 2.24) is 15.3 Å². The van der Waals surface area contributed by atoms with Crippen LogP contribution in [0.2, 0.25) is 0 Å². The van der Waals surface area contributed by atoms with Gasteiger partial charge < -0.3 is 19.8 Å². The molecule has 2 aromatic heterocycles. The Morgan fingerprint density at radius 1 is 1.25 bits per heavy atom. The predicted octanol–water partition coefficient (Wildman–Crippen LogP) is 2.50. The van der Waals surface area contributed by atoms with Crippen LogP contribution in [0.4, 0.5) is 0 Å². The monoisotopic (exact) mass is 271 g/mol. The van der Waals surface area contributed by atoms with E-state index < -0.39 is 0 Å². The van der Waals surface area contributed by atoms with Crippen LogP contribution >= 0.6 is 0 Å². The van der Waals surface area contributed by atoms with E-state index in [2.05, 4.69) is 15.3 Å². The number of furan rings is 1. The van der Waals surface area contributed by atoms with Crippen LogP contribution in [0.3, 0.4) is 0 Å². The van der Waals surface area contributed by atoms with Gasteiger partial charge in [0.05, 0.1) is 23.6 Å². The van der Waals surface area contributed by atoms with E-state index in [4.69, 9.17) is 9.52 Å². The number of imidazole rings is 1. The highest BCUT2D eigenvalue weighted by Crippen LogP contribution is 2.16. The first-order valence-corrected chi connectivity index (χ1v) is 6.63. The smallest absolute Gasteiger partial charge is 0.129 e. The number of hydrogen-bond acceptors (Lipinski definition) is 4. The van der Waals surface area contributed by atoms with Crippen LogP contribution < -0.4 is 5.32 Å². The number of benzene rings is 1. The summed E-state index contributed by atoms with van der Waals surface area (Å²) in [5.74, 6) is 2.29. The van der Waals surface area contributed by atoms with Crippen molar-refractivity contribution in [2.45, 2.75) is 26.1 Å². The van der Waals surface area contributed by atoms with E-state index in [1.807, 2.05) is 37.3 Å². The molecule has 1 atom stereocenters. The van der Waals surface area contributed by atoms with Crippen molar-refractivity contribution >= 4 is 11.0 Å². The maximum absolute atomic E-state index is 8.96. The zero-order valence-corrected chi connectivity index (χ0v) is 11.3. The molecular weight excluding hydrogens is 254 g/mol. The normalized spacial score (nSPS) is 12.9. The molecule has 0 aliphatic heterocycles. The van der Waals surface area contributed by atoms with E-state index in [1.54, 1.807) is 6.07 Å². The number of fused-ring (bicyclic) bond motifs is 1. The van der Waals surface area contributed by atoms with Crippen LogP contribution in [0, 0.1) is 0 Å². The van der Waals surface area contributed by atoms with Crippen LogP contribution in [-0.2, 0) is 13.2 Å². The van der Waals surface area contributed by atoms with Crippen LogP contribution in [-0.4, -0.2) is 15.1 Å². The quantitative estimate of drug-likeness (QED) is 0.666. The van der Waals surface area contributed by atoms with Crippen molar-refractivity contribution in [2.75, 3.05) is 0 Å². The van der Waals surface area contributed by atoms with Gasteiger partial charge in [0.1, 0.15) is 24.0 Å². The molecule has 0 aliphatic rings. The third-order valence-electron chi connectivity index (χ3n) is 3.27. The minimum Gasteiger partial charge on any atom is -0.462 e. The Bertz CT molecular complexity index is 669. The molecule has 1 unspecified atom stereocenters. The van der Waals surface area contributed by atoms with Crippen molar-refractivity contribution in [3.63, 3.8) is 0 Å². The van der Waals surface area contributed by atoms with E-state index in [1.165, 1.54) is 0 Å². The number of hydrogen-bond donors (Lipinski definition) is 3. The van der Waals surface area contributed by atoms with Gasteiger partial charge in [0.2, 0.25) is 0 Å². The zero-order chi connectivity index (χ0) is 13.9. The van der Waals surface area contributed by atoms with Gasteiger partial charge in [-0.15, -0.1) is 0 Å². The fraction of sp³-hybridized carbons (Fsp3) is 0.267. The van der Waals surface area contributed by atoms with E-state index in [9.17, 15) is 0 Å². The number of aromatic nitrogens is 2. The van der Waals surface area contributed by atoms with Gasteiger partial charge in [0, 0.05) is 0 Å². The van der Waals surface area contributed by atoms with E-state index in [0.29, 0.717) is 12.3 Å². The Balaban J connectivity index is 1.67. The molecule has 3 aromatic rings. The highest BCUT2D eigenvalue weighted by molar-refractivity contribution is 5.74. The third kappa shape index (κ3) is 2.59. The lowest BCUT2D eigenvalue weighted by Gasteiger charge is -2.09. The number of para-hydroxylation sites is 2. The second-order valence-electron chi connectivity index (χ2n) is 4.77. The van der Waals surface area contributed by atoms with E-state index >= 15 is 0 Å². The largest absolute Gasteiger partial charge is 0.462 e. The van der Waals surface area contributed by atoms with Gasteiger partial charge in [-0.3, -0.25) is 0 Å². The van der Waals surface area contributed by atoms with Gasteiger partial charge in [0.25, 0.3) is 0 Å². The zero-order valence-electron chi connectivity index (χ0n) is 11.3. The molecule has 2 heterocycles. The highest BCUT2D eigenvalue weighted by atomic mass is 16.4. The molecule has 0 radical (unpaired) electrons. The first-order chi connectivity index (χ1) is 9.76. The lowest BCUT2D eigenvalue weighted by atomic mass is 10.3. The summed E-state index contributed by atoms with van der Waals surface area (Å²) < 4.78 is 5.43. The summed E-state index contributed by atoms with van der Waals surface area (Å²) in [5, 5.41) is 12.3. The Morgan fingerprint density at radius 3 is 2.80 bits per heavy atom. The van der Waals surface area contributed by atoms with Crippen LogP contribution in [0.5, 0.6) is 0 Å². The molecule has 1 aromatic carbocycles. The van der Waals surface area contributed by atoms with E-state index in [-0.39, 0.29) is 12.6 Å². The van der Waals surface area contributed by atoms with Gasteiger partial charge in [-0.05, 0) is 31.2 Å². The third-order valence-corrected chi connectivity index (χ3v) is 3.27. The fourth-order valence-electron chi connectivity index (χ4n) is 2.13. The molecule has 3 N–H and O–H groups in total. The minimum absolute atomic E-state index is 0.0703. The van der Waals surface area contributed by atoms with Gasteiger partial charge in [-0.25, -0.2) is 4.98 Å². The Morgan fingerprint density at radius 2 is 2.05 bits per heavy atom. The van der Waals surface area contributed by atoms with Crippen molar-refractivity contribution in [3.8, 4) is 0 Å².